The summed E-state index contributed by atoms with van der Waals surface area (Å²) >= 11 is 5.58. The lowest BCUT2D eigenvalue weighted by Crippen LogP contribution is -2.19. The minimum atomic E-state index is -4.81. The van der Waals surface area contributed by atoms with Crippen molar-refractivity contribution >= 4 is 11.6 Å². The van der Waals surface area contributed by atoms with Crippen LogP contribution in [0.15, 0.2) is 6.07 Å². The van der Waals surface area contributed by atoms with Crippen LogP contribution in [0.5, 0.6) is 11.6 Å². The fourth-order valence-electron chi connectivity index (χ4n) is 1.19. The maximum absolute atomic E-state index is 12.1. The molecule has 7 heteroatoms. The van der Waals surface area contributed by atoms with E-state index in [1.54, 1.807) is 6.92 Å². The number of alkyl halides is 4. The summed E-state index contributed by atoms with van der Waals surface area (Å²) in [6, 6.07) is 1.54. The molecule has 0 N–H and O–H groups in total. The van der Waals surface area contributed by atoms with Crippen molar-refractivity contribution < 1.29 is 22.6 Å². The average molecular weight is 256 g/mol. The van der Waals surface area contributed by atoms with Crippen molar-refractivity contribution in [2.24, 2.45) is 0 Å². The first-order chi connectivity index (χ1) is 7.37. The standard InChI is InChI=1S/C9H9ClF3NO2/c1-5-3-6(4-10)7(15-2)8(14-5)16-9(11,12)13/h3H,4H2,1-2H3. The number of hydrogen-bond donors (Lipinski definition) is 0. The molecule has 0 amide bonds. The summed E-state index contributed by atoms with van der Waals surface area (Å²) in [5.74, 6) is -0.704. The second-order valence-electron chi connectivity index (χ2n) is 2.94. The third-order valence-electron chi connectivity index (χ3n) is 1.71. The van der Waals surface area contributed by atoms with Crippen LogP contribution in [0.3, 0.4) is 0 Å². The molecule has 0 unspecified atom stereocenters. The Labute approximate surface area is 95.1 Å². The molecule has 0 spiro atoms. The van der Waals surface area contributed by atoms with Gasteiger partial charge in [0.2, 0.25) is 0 Å². The molecule has 0 aliphatic heterocycles. The molecule has 0 aromatic carbocycles. The molecule has 90 valence electrons. The Morgan fingerprint density at radius 3 is 2.50 bits per heavy atom. The lowest BCUT2D eigenvalue weighted by Gasteiger charge is -2.14. The van der Waals surface area contributed by atoms with E-state index in [1.165, 1.54) is 13.2 Å². The Morgan fingerprint density at radius 1 is 1.44 bits per heavy atom. The quantitative estimate of drug-likeness (QED) is 0.778. The van der Waals surface area contributed by atoms with E-state index in [9.17, 15) is 13.2 Å². The first-order valence-electron chi connectivity index (χ1n) is 4.23. The highest BCUT2D eigenvalue weighted by Gasteiger charge is 2.34. The Hall–Kier alpha value is -1.17. The van der Waals surface area contributed by atoms with Gasteiger partial charge in [0, 0.05) is 11.3 Å². The molecule has 3 nitrogen and oxygen atoms in total. The maximum Gasteiger partial charge on any atom is 0.574 e. The zero-order valence-corrected chi connectivity index (χ0v) is 9.32. The Morgan fingerprint density at radius 2 is 2.06 bits per heavy atom. The molecule has 0 atom stereocenters. The summed E-state index contributed by atoms with van der Waals surface area (Å²) in [5.41, 5.74) is 0.770. The number of aromatic nitrogens is 1. The van der Waals surface area contributed by atoms with Crippen LogP contribution < -0.4 is 9.47 Å². The van der Waals surface area contributed by atoms with Crippen LogP contribution in [-0.2, 0) is 5.88 Å². The zero-order chi connectivity index (χ0) is 12.3. The predicted molar refractivity (Wildman–Crippen MR) is 51.8 cm³/mol. The Kier molecular flexibility index (Phi) is 3.85. The van der Waals surface area contributed by atoms with Crippen molar-refractivity contribution in [3.05, 3.63) is 17.3 Å². The molecule has 1 heterocycles. The third kappa shape index (κ3) is 3.16. The number of halogens is 4. The van der Waals surface area contributed by atoms with Crippen LogP contribution in [0.1, 0.15) is 11.3 Å². The predicted octanol–water partition coefficient (Wildman–Crippen LogP) is 3.04. The average Bonchev–Trinajstić information content (AvgIpc) is 2.14. The molecule has 1 aromatic heterocycles. The molecule has 0 aliphatic carbocycles. The second kappa shape index (κ2) is 4.78. The summed E-state index contributed by atoms with van der Waals surface area (Å²) in [6.07, 6.45) is -4.81. The largest absolute Gasteiger partial charge is 0.574 e. The van der Waals surface area contributed by atoms with E-state index in [4.69, 9.17) is 16.3 Å². The first kappa shape index (κ1) is 12.9. The summed E-state index contributed by atoms with van der Waals surface area (Å²) < 4.78 is 44.8. The molecule has 16 heavy (non-hydrogen) atoms. The fraction of sp³-hybridized carbons (Fsp3) is 0.444. The molecule has 0 radical (unpaired) electrons. The van der Waals surface area contributed by atoms with Gasteiger partial charge in [-0.05, 0) is 13.0 Å². The van der Waals surface area contributed by atoms with Crippen molar-refractivity contribution in [3.63, 3.8) is 0 Å². The van der Waals surface area contributed by atoms with Gasteiger partial charge in [-0.25, -0.2) is 4.98 Å². The third-order valence-corrected chi connectivity index (χ3v) is 2.00. The molecule has 0 aliphatic rings. The summed E-state index contributed by atoms with van der Waals surface area (Å²) in [5, 5.41) is 0. The number of nitrogens with zero attached hydrogens (tertiary/aromatic N) is 1. The van der Waals surface area contributed by atoms with Gasteiger partial charge in [0.15, 0.2) is 5.75 Å². The monoisotopic (exact) mass is 255 g/mol. The van der Waals surface area contributed by atoms with Gasteiger partial charge in [-0.15, -0.1) is 24.8 Å². The zero-order valence-electron chi connectivity index (χ0n) is 8.56. The van der Waals surface area contributed by atoms with E-state index >= 15 is 0 Å². The van der Waals surface area contributed by atoms with Crippen molar-refractivity contribution in [2.75, 3.05) is 7.11 Å². The highest BCUT2D eigenvalue weighted by molar-refractivity contribution is 6.17. The van der Waals surface area contributed by atoms with Gasteiger partial charge >= 0.3 is 6.36 Å². The van der Waals surface area contributed by atoms with Crippen molar-refractivity contribution in [2.45, 2.75) is 19.2 Å². The number of pyridine rings is 1. The van der Waals surface area contributed by atoms with Crippen molar-refractivity contribution in [3.8, 4) is 11.6 Å². The van der Waals surface area contributed by atoms with E-state index < -0.39 is 12.2 Å². The van der Waals surface area contributed by atoms with Crippen LogP contribution in [-0.4, -0.2) is 18.5 Å². The van der Waals surface area contributed by atoms with Gasteiger partial charge in [-0.3, -0.25) is 0 Å². The lowest BCUT2D eigenvalue weighted by molar-refractivity contribution is -0.276. The summed E-state index contributed by atoms with van der Waals surface area (Å²) in [6.45, 7) is 1.54. The van der Waals surface area contributed by atoms with Crippen LogP contribution in [0.4, 0.5) is 13.2 Å². The van der Waals surface area contributed by atoms with Crippen molar-refractivity contribution in [1.82, 2.24) is 4.98 Å². The van der Waals surface area contributed by atoms with Crippen LogP contribution in [0.2, 0.25) is 0 Å². The first-order valence-corrected chi connectivity index (χ1v) is 4.77. The maximum atomic E-state index is 12.1. The van der Waals surface area contributed by atoms with Gasteiger partial charge in [-0.1, -0.05) is 0 Å². The van der Waals surface area contributed by atoms with E-state index in [0.29, 0.717) is 11.3 Å². The highest BCUT2D eigenvalue weighted by atomic mass is 35.5. The lowest BCUT2D eigenvalue weighted by atomic mass is 10.2. The fourth-order valence-corrected chi connectivity index (χ4v) is 1.39. The van der Waals surface area contributed by atoms with Gasteiger partial charge in [0.1, 0.15) is 0 Å². The molecular formula is C9H9ClF3NO2. The van der Waals surface area contributed by atoms with Crippen LogP contribution in [0.25, 0.3) is 0 Å². The molecule has 1 aromatic rings. The minimum Gasteiger partial charge on any atom is -0.491 e. The minimum absolute atomic E-state index is 0.0146. The second-order valence-corrected chi connectivity index (χ2v) is 3.21. The topological polar surface area (TPSA) is 31.4 Å². The van der Waals surface area contributed by atoms with Gasteiger partial charge < -0.3 is 9.47 Å². The molecule has 0 bridgehead atoms. The molecule has 0 saturated carbocycles. The number of methoxy groups -OCH3 is 1. The smallest absolute Gasteiger partial charge is 0.491 e. The molecule has 1 rings (SSSR count). The van der Waals surface area contributed by atoms with E-state index in [-0.39, 0.29) is 11.6 Å². The SMILES string of the molecule is COc1c(CCl)cc(C)nc1OC(F)(F)F. The Balaban J connectivity index is 3.20. The van der Waals surface area contributed by atoms with Gasteiger partial charge in [0.25, 0.3) is 5.88 Å². The van der Waals surface area contributed by atoms with Crippen LogP contribution >= 0.6 is 11.6 Å². The number of rotatable bonds is 3. The van der Waals surface area contributed by atoms with E-state index in [2.05, 4.69) is 9.72 Å². The van der Waals surface area contributed by atoms with E-state index in [0.717, 1.165) is 0 Å². The molecule has 0 fully saturated rings. The van der Waals surface area contributed by atoms with Crippen LogP contribution in [0, 0.1) is 6.92 Å². The van der Waals surface area contributed by atoms with Gasteiger partial charge in [-0.2, -0.15) is 0 Å². The van der Waals surface area contributed by atoms with Gasteiger partial charge in [0.05, 0.1) is 13.0 Å². The van der Waals surface area contributed by atoms with E-state index in [1.807, 2.05) is 0 Å². The molecule has 0 saturated heterocycles. The molecular weight excluding hydrogens is 247 g/mol. The summed E-state index contributed by atoms with van der Waals surface area (Å²) in [7, 11) is 1.23. The number of hydrogen-bond acceptors (Lipinski definition) is 3. The van der Waals surface area contributed by atoms with Crippen molar-refractivity contribution in [1.29, 1.82) is 0 Å². The Bertz CT molecular complexity index is 382. The summed E-state index contributed by atoms with van der Waals surface area (Å²) in [4.78, 5) is 3.61. The normalized spacial score (nSPS) is 11.4. The highest BCUT2D eigenvalue weighted by Crippen LogP contribution is 2.34. The number of aryl methyl sites for hydroxylation is 1. The number of ether oxygens (including phenoxy) is 2.